The van der Waals surface area contributed by atoms with Gasteiger partial charge in [-0.2, -0.15) is 0 Å². The number of para-hydroxylation sites is 2. The average Bonchev–Trinajstić information content (AvgIpc) is 4.18. The Morgan fingerprint density at radius 1 is 0.240 bits per heavy atom. The van der Waals surface area contributed by atoms with Crippen LogP contribution >= 0.6 is 0 Å². The van der Waals surface area contributed by atoms with Crippen molar-refractivity contribution in [2.24, 2.45) is 0 Å². The van der Waals surface area contributed by atoms with Gasteiger partial charge < -0.3 is 13.6 Å². The molecule has 0 aliphatic carbocycles. The van der Waals surface area contributed by atoms with E-state index < -0.39 is 0 Å². The second-order valence-corrected chi connectivity index (χ2v) is 19.1. The van der Waals surface area contributed by atoms with Crippen LogP contribution in [-0.4, -0.2) is 24.1 Å². The molecule has 0 unspecified atom stereocenters. The first-order valence-electron chi connectivity index (χ1n) is 25.3. The molecule has 75 heavy (non-hydrogen) atoms. The predicted octanol–water partition coefficient (Wildman–Crippen LogP) is 18.0. The molecule has 350 valence electrons. The molecule has 0 amide bonds. The third kappa shape index (κ3) is 7.07. The van der Waals surface area contributed by atoms with Gasteiger partial charge in [-0.25, -0.2) is 15.0 Å². The minimum absolute atomic E-state index is 0.581. The summed E-state index contributed by atoms with van der Waals surface area (Å²) in [5.41, 5.74) is 17.5. The Balaban J connectivity index is 0.918. The Hall–Kier alpha value is -10.2. The number of hydrogen-bond acceptors (Lipinski definition) is 4. The summed E-state index contributed by atoms with van der Waals surface area (Å²) >= 11 is 0. The van der Waals surface area contributed by atoms with Gasteiger partial charge in [-0.05, 0) is 81.9 Å². The van der Waals surface area contributed by atoms with Crippen molar-refractivity contribution in [1.29, 1.82) is 0 Å². The van der Waals surface area contributed by atoms with E-state index >= 15 is 0 Å². The highest BCUT2D eigenvalue weighted by Gasteiger charge is 2.24. The summed E-state index contributed by atoms with van der Waals surface area (Å²) in [6, 6.07) is 92.1. The fourth-order valence-corrected chi connectivity index (χ4v) is 11.2. The summed E-state index contributed by atoms with van der Waals surface area (Å²) in [4.78, 5) is 15.6. The lowest BCUT2D eigenvalue weighted by Gasteiger charge is -2.12. The van der Waals surface area contributed by atoms with Gasteiger partial charge in [0.15, 0.2) is 28.6 Å². The molecule has 15 aromatic rings. The van der Waals surface area contributed by atoms with Crippen LogP contribution in [0.2, 0.25) is 0 Å². The van der Waals surface area contributed by atoms with Crippen molar-refractivity contribution in [3.8, 4) is 78.9 Å². The lowest BCUT2D eigenvalue weighted by Crippen LogP contribution is -2.01. The highest BCUT2D eigenvalue weighted by molar-refractivity contribution is 6.26. The van der Waals surface area contributed by atoms with Crippen LogP contribution < -0.4 is 0 Å². The third-order valence-corrected chi connectivity index (χ3v) is 14.8. The summed E-state index contributed by atoms with van der Waals surface area (Å²) < 4.78 is 12.1. The Kier molecular flexibility index (Phi) is 9.78. The second kappa shape index (κ2) is 17.3. The largest absolute Gasteiger partial charge is 0.452 e. The number of nitrogens with zero attached hydrogens (tertiary/aromatic N) is 5. The molecule has 0 saturated heterocycles. The monoisotopic (exact) mass is 957 g/mol. The maximum Gasteiger partial charge on any atom is 0.164 e. The first-order valence-corrected chi connectivity index (χ1v) is 25.3. The number of furan rings is 1. The van der Waals surface area contributed by atoms with Crippen molar-refractivity contribution in [2.45, 2.75) is 0 Å². The summed E-state index contributed by atoms with van der Waals surface area (Å²) in [7, 11) is 0. The van der Waals surface area contributed by atoms with Crippen LogP contribution in [0.5, 0.6) is 0 Å². The average molecular weight is 958 g/mol. The Morgan fingerprint density at radius 3 is 1.04 bits per heavy atom. The van der Waals surface area contributed by atoms with Gasteiger partial charge in [0, 0.05) is 60.4 Å². The maximum atomic E-state index is 7.42. The van der Waals surface area contributed by atoms with Gasteiger partial charge in [0.2, 0.25) is 0 Å². The molecule has 4 aromatic heterocycles. The van der Waals surface area contributed by atoms with Crippen LogP contribution in [0.4, 0.5) is 0 Å². The van der Waals surface area contributed by atoms with Crippen molar-refractivity contribution < 1.29 is 4.42 Å². The molecule has 0 spiro atoms. The third-order valence-electron chi connectivity index (χ3n) is 14.8. The number of hydrogen-bond donors (Lipinski definition) is 0. The van der Waals surface area contributed by atoms with Crippen LogP contribution in [0.25, 0.3) is 144 Å². The number of fused-ring (bicyclic) bond motifs is 11. The van der Waals surface area contributed by atoms with E-state index in [2.05, 4.69) is 258 Å². The van der Waals surface area contributed by atoms with Gasteiger partial charge in [0.25, 0.3) is 0 Å². The van der Waals surface area contributed by atoms with E-state index in [-0.39, 0.29) is 0 Å². The maximum absolute atomic E-state index is 7.42. The van der Waals surface area contributed by atoms with Crippen LogP contribution in [0.15, 0.2) is 265 Å². The minimum atomic E-state index is 0.581. The van der Waals surface area contributed by atoms with Gasteiger partial charge in [0.1, 0.15) is 0 Å². The van der Waals surface area contributed by atoms with Gasteiger partial charge in [-0.15, -0.1) is 0 Å². The molecule has 15 rings (SSSR count). The summed E-state index contributed by atoms with van der Waals surface area (Å²) in [6.45, 7) is 0. The fraction of sp³-hybridized carbons (Fsp3) is 0. The lowest BCUT2D eigenvalue weighted by atomic mass is 10.0. The molecule has 0 atom stereocenters. The zero-order chi connectivity index (χ0) is 49.4. The molecule has 11 aromatic carbocycles. The van der Waals surface area contributed by atoms with Crippen LogP contribution in [0, 0.1) is 0 Å². The molecule has 4 heterocycles. The molecule has 0 aliphatic rings. The molecule has 6 heteroatoms. The first kappa shape index (κ1) is 42.5. The molecule has 0 fully saturated rings. The quantitative estimate of drug-likeness (QED) is 0.152. The van der Waals surface area contributed by atoms with Crippen molar-refractivity contribution in [3.05, 3.63) is 261 Å². The number of aromatic nitrogens is 5. The summed E-state index contributed by atoms with van der Waals surface area (Å²) in [5, 5.41) is 6.68. The normalized spacial score (nSPS) is 11.7. The van der Waals surface area contributed by atoms with Crippen molar-refractivity contribution in [2.75, 3.05) is 0 Å². The SMILES string of the molecule is c1ccc(-c2ccc(-c3nc(-c4ccc(-c5ccccc5)cc4)nc(-c4cccc(-n5c6ccccc6c6ccc7c8ccc9c%10ccccc%10n(-c%10cccc(-c%11ccccc%11)c%10)c9c8oc7c65)c4)n3)cc2)cc1. The molecular weight excluding hydrogens is 915 g/mol. The topological polar surface area (TPSA) is 61.7 Å². The van der Waals surface area contributed by atoms with Crippen LogP contribution in [0.3, 0.4) is 0 Å². The van der Waals surface area contributed by atoms with Crippen molar-refractivity contribution >= 4 is 65.6 Å². The van der Waals surface area contributed by atoms with E-state index in [9.17, 15) is 0 Å². The predicted molar refractivity (Wildman–Crippen MR) is 308 cm³/mol. The van der Waals surface area contributed by atoms with Gasteiger partial charge >= 0.3 is 0 Å². The van der Waals surface area contributed by atoms with E-state index in [4.69, 9.17) is 19.4 Å². The highest BCUT2D eigenvalue weighted by atomic mass is 16.3. The molecule has 0 N–H and O–H groups in total. The fourth-order valence-electron chi connectivity index (χ4n) is 11.2. The smallest absolute Gasteiger partial charge is 0.164 e. The molecular formula is C69H43N5O. The van der Waals surface area contributed by atoms with Gasteiger partial charge in [-0.1, -0.05) is 212 Å². The van der Waals surface area contributed by atoms with Crippen LogP contribution in [-0.2, 0) is 0 Å². The van der Waals surface area contributed by atoms with Crippen molar-refractivity contribution in [3.63, 3.8) is 0 Å². The summed E-state index contributed by atoms with van der Waals surface area (Å²) in [6.07, 6.45) is 0. The number of rotatable bonds is 8. The van der Waals surface area contributed by atoms with E-state index in [0.717, 1.165) is 116 Å². The Bertz CT molecular complexity index is 4570. The zero-order valence-corrected chi connectivity index (χ0v) is 40.5. The minimum Gasteiger partial charge on any atom is -0.452 e. The molecule has 0 radical (unpaired) electrons. The molecule has 0 bridgehead atoms. The Labute approximate surface area is 431 Å². The standard InChI is InChI=1S/C69H43N5O/c1-4-16-44(17-5-1)47-30-34-49(35-31-47)67-70-68(50-36-32-48(33-37-50)45-18-6-2-7-19-45)72-69(71-67)52-23-15-25-54(43-52)74-62-29-13-11-27-56(62)58-39-41-60-59-40-38-57-55-26-10-12-28-61(55)73(63(57)65(59)75-66(60)64(58)74)53-24-14-22-51(42-53)46-20-8-3-9-21-46/h1-43H. The summed E-state index contributed by atoms with van der Waals surface area (Å²) in [5.74, 6) is 1.78. The molecule has 6 nitrogen and oxygen atoms in total. The van der Waals surface area contributed by atoms with Crippen LogP contribution in [0.1, 0.15) is 0 Å². The number of benzene rings is 11. The second-order valence-electron chi connectivity index (χ2n) is 19.1. The zero-order valence-electron chi connectivity index (χ0n) is 40.5. The Morgan fingerprint density at radius 2 is 0.573 bits per heavy atom. The van der Waals surface area contributed by atoms with Gasteiger partial charge in [-0.3, -0.25) is 0 Å². The first-order chi connectivity index (χ1) is 37.2. The molecule has 0 saturated carbocycles. The molecule has 0 aliphatic heterocycles. The van der Waals surface area contributed by atoms with Gasteiger partial charge in [0.05, 0.1) is 22.1 Å². The van der Waals surface area contributed by atoms with E-state index in [0.29, 0.717) is 17.5 Å². The van der Waals surface area contributed by atoms with E-state index in [1.165, 1.54) is 10.9 Å². The highest BCUT2D eigenvalue weighted by Crippen LogP contribution is 2.45. The van der Waals surface area contributed by atoms with Crippen molar-refractivity contribution in [1.82, 2.24) is 24.1 Å². The van der Waals surface area contributed by atoms with E-state index in [1.807, 2.05) is 12.1 Å². The van der Waals surface area contributed by atoms with E-state index in [1.54, 1.807) is 0 Å². The lowest BCUT2D eigenvalue weighted by molar-refractivity contribution is 0.673.